The van der Waals surface area contributed by atoms with Crippen molar-refractivity contribution in [2.75, 3.05) is 6.54 Å². The summed E-state index contributed by atoms with van der Waals surface area (Å²) in [6.07, 6.45) is 17.3. The van der Waals surface area contributed by atoms with E-state index in [1.165, 1.54) is 77.2 Å². The molecule has 0 aromatic heterocycles. The van der Waals surface area contributed by atoms with Gasteiger partial charge in [-0.3, -0.25) is 9.59 Å². The van der Waals surface area contributed by atoms with Crippen molar-refractivity contribution in [2.24, 2.45) is 0 Å². The van der Waals surface area contributed by atoms with Crippen LogP contribution in [0.2, 0.25) is 0 Å². The van der Waals surface area contributed by atoms with Crippen LogP contribution in [-0.4, -0.2) is 35.6 Å². The summed E-state index contributed by atoms with van der Waals surface area (Å²) in [6, 6.07) is 8.50. The molecule has 5 nitrogen and oxygen atoms in total. The Balaban J connectivity index is 2.13. The first kappa shape index (κ1) is 27.9. The number of unbranched alkanes of at least 4 members (excludes halogenated alkanes) is 11. The molecule has 0 saturated carbocycles. The smallest absolute Gasteiger partial charge is 0.245 e. The lowest BCUT2D eigenvalue weighted by Gasteiger charge is -2.20. The Bertz CT molecular complexity index is 644. The highest BCUT2D eigenvalue weighted by molar-refractivity contribution is 5.95. The van der Waals surface area contributed by atoms with Gasteiger partial charge in [0.25, 0.3) is 0 Å². The molecule has 1 aromatic carbocycles. The summed E-state index contributed by atoms with van der Waals surface area (Å²) in [7, 11) is 0. The Morgan fingerprint density at radius 1 is 0.875 bits per heavy atom. The van der Waals surface area contributed by atoms with Gasteiger partial charge in [-0.25, -0.2) is 0 Å². The van der Waals surface area contributed by atoms with E-state index in [1.54, 1.807) is 6.08 Å². The van der Waals surface area contributed by atoms with Gasteiger partial charge in [-0.15, -0.1) is 0 Å². The van der Waals surface area contributed by atoms with Crippen LogP contribution >= 0.6 is 0 Å². The Kier molecular flexibility index (Phi) is 16.1. The summed E-state index contributed by atoms with van der Waals surface area (Å²) in [5.41, 5.74) is 0.896. The number of aliphatic hydroxyl groups is 1. The number of hydrogen-bond acceptors (Lipinski definition) is 3. The first-order valence-corrected chi connectivity index (χ1v) is 12.5. The third kappa shape index (κ3) is 14.0. The number of carbonyl (C=O) groups is 2. The topological polar surface area (TPSA) is 78.4 Å². The Morgan fingerprint density at radius 2 is 1.41 bits per heavy atom. The molecule has 0 heterocycles. The van der Waals surface area contributed by atoms with Gasteiger partial charge in [-0.1, -0.05) is 108 Å². The first-order valence-electron chi connectivity index (χ1n) is 12.5. The predicted octanol–water partition coefficient (Wildman–Crippen LogP) is 5.38. The average molecular weight is 445 g/mol. The molecule has 1 rings (SSSR count). The minimum Gasteiger partial charge on any atom is -0.391 e. The number of amides is 2. The molecule has 1 aromatic rings. The highest BCUT2D eigenvalue weighted by atomic mass is 16.3. The second kappa shape index (κ2) is 18.4. The molecule has 0 unspecified atom stereocenters. The molecule has 0 radical (unpaired) electrons. The number of benzene rings is 1. The predicted molar refractivity (Wildman–Crippen MR) is 133 cm³/mol. The van der Waals surface area contributed by atoms with E-state index < -0.39 is 18.1 Å². The summed E-state index contributed by atoms with van der Waals surface area (Å²) < 4.78 is 0. The molecular weight excluding hydrogens is 400 g/mol. The zero-order valence-corrected chi connectivity index (χ0v) is 20.2. The van der Waals surface area contributed by atoms with E-state index in [0.29, 0.717) is 6.54 Å². The molecule has 0 spiro atoms. The van der Waals surface area contributed by atoms with E-state index in [2.05, 4.69) is 17.6 Å². The van der Waals surface area contributed by atoms with Crippen molar-refractivity contribution in [1.82, 2.24) is 10.6 Å². The second-order valence-corrected chi connectivity index (χ2v) is 8.65. The maximum Gasteiger partial charge on any atom is 0.245 e. The number of rotatable bonds is 18. The summed E-state index contributed by atoms with van der Waals surface area (Å²) in [5.74, 6) is -0.746. The van der Waals surface area contributed by atoms with Crippen LogP contribution in [0, 0.1) is 0 Å². The summed E-state index contributed by atoms with van der Waals surface area (Å²) >= 11 is 0. The second-order valence-electron chi connectivity index (χ2n) is 8.65. The van der Waals surface area contributed by atoms with Crippen LogP contribution in [-0.2, 0) is 9.59 Å². The van der Waals surface area contributed by atoms with Crippen LogP contribution in [0.15, 0.2) is 36.4 Å². The summed E-state index contributed by atoms with van der Waals surface area (Å²) in [6.45, 7) is 4.32. The van der Waals surface area contributed by atoms with Crippen molar-refractivity contribution < 1.29 is 14.7 Å². The van der Waals surface area contributed by atoms with Gasteiger partial charge < -0.3 is 15.7 Å². The van der Waals surface area contributed by atoms with Gasteiger partial charge in [0.15, 0.2) is 0 Å². The van der Waals surface area contributed by atoms with E-state index in [-0.39, 0.29) is 5.91 Å². The van der Waals surface area contributed by atoms with E-state index in [4.69, 9.17) is 0 Å². The van der Waals surface area contributed by atoms with Crippen LogP contribution in [0.25, 0.3) is 6.08 Å². The van der Waals surface area contributed by atoms with Gasteiger partial charge in [-0.2, -0.15) is 0 Å². The Hall–Kier alpha value is -2.14. The van der Waals surface area contributed by atoms with Crippen molar-refractivity contribution >= 4 is 17.9 Å². The molecule has 180 valence electrons. The fourth-order valence-electron chi connectivity index (χ4n) is 3.63. The molecule has 0 aliphatic carbocycles. The van der Waals surface area contributed by atoms with Gasteiger partial charge in [0.2, 0.25) is 11.8 Å². The van der Waals surface area contributed by atoms with Crippen molar-refractivity contribution in [3.8, 4) is 0 Å². The van der Waals surface area contributed by atoms with E-state index in [0.717, 1.165) is 18.4 Å². The summed E-state index contributed by atoms with van der Waals surface area (Å²) in [4.78, 5) is 24.5. The fourth-order valence-corrected chi connectivity index (χ4v) is 3.63. The number of hydrogen-bond donors (Lipinski definition) is 3. The zero-order chi connectivity index (χ0) is 23.4. The van der Waals surface area contributed by atoms with Gasteiger partial charge in [0.05, 0.1) is 6.10 Å². The molecular formula is C27H44N2O3. The SMILES string of the molecule is CCCCCCCCCCCCCCNC(=O)[C@@H](NC(=O)C=Cc1ccccc1)[C@@H](C)O. The quantitative estimate of drug-likeness (QED) is 0.210. The molecule has 2 amide bonds. The normalized spacial score (nSPS) is 13.1. The van der Waals surface area contributed by atoms with E-state index >= 15 is 0 Å². The molecule has 32 heavy (non-hydrogen) atoms. The zero-order valence-electron chi connectivity index (χ0n) is 20.2. The first-order chi connectivity index (χ1) is 15.5. The number of nitrogens with one attached hydrogen (secondary N) is 2. The number of carbonyl (C=O) groups excluding carboxylic acids is 2. The Labute approximate surface area is 195 Å². The molecule has 0 aliphatic heterocycles. The molecule has 0 saturated heterocycles. The fraction of sp³-hybridized carbons (Fsp3) is 0.630. The lowest BCUT2D eigenvalue weighted by atomic mass is 10.1. The maximum absolute atomic E-state index is 12.4. The maximum atomic E-state index is 12.4. The van der Waals surface area contributed by atoms with Crippen molar-refractivity contribution in [3.05, 3.63) is 42.0 Å². The summed E-state index contributed by atoms with van der Waals surface area (Å²) in [5, 5.41) is 15.4. The third-order valence-electron chi connectivity index (χ3n) is 5.62. The molecule has 0 bridgehead atoms. The van der Waals surface area contributed by atoms with Gasteiger partial charge in [0, 0.05) is 12.6 Å². The van der Waals surface area contributed by atoms with Crippen molar-refractivity contribution in [2.45, 2.75) is 103 Å². The van der Waals surface area contributed by atoms with Crippen LogP contribution in [0.3, 0.4) is 0 Å². The molecule has 2 atom stereocenters. The third-order valence-corrected chi connectivity index (χ3v) is 5.62. The van der Waals surface area contributed by atoms with Gasteiger partial charge in [-0.05, 0) is 25.0 Å². The van der Waals surface area contributed by atoms with E-state index in [9.17, 15) is 14.7 Å². The largest absolute Gasteiger partial charge is 0.391 e. The monoisotopic (exact) mass is 444 g/mol. The van der Waals surface area contributed by atoms with Crippen LogP contribution < -0.4 is 10.6 Å². The highest BCUT2D eigenvalue weighted by Gasteiger charge is 2.24. The van der Waals surface area contributed by atoms with Crippen molar-refractivity contribution in [3.63, 3.8) is 0 Å². The minimum absolute atomic E-state index is 0.343. The number of aliphatic hydroxyl groups excluding tert-OH is 1. The van der Waals surface area contributed by atoms with Crippen molar-refractivity contribution in [1.29, 1.82) is 0 Å². The van der Waals surface area contributed by atoms with Crippen LogP contribution in [0.1, 0.15) is 96.5 Å². The average Bonchev–Trinajstić information content (AvgIpc) is 2.79. The standard InChI is InChI=1S/C27H44N2O3/c1-3-4-5-6-7-8-9-10-11-12-13-17-22-28-27(32)26(23(2)30)29-25(31)21-20-24-18-15-14-16-19-24/h14-16,18-21,23,26,30H,3-13,17,22H2,1-2H3,(H,28,32)(H,29,31)/t23-,26+/m1/s1. The molecule has 0 aliphatic rings. The van der Waals surface area contributed by atoms with E-state index in [1.807, 2.05) is 30.3 Å². The molecule has 5 heteroatoms. The van der Waals surface area contributed by atoms with Crippen LogP contribution in [0.4, 0.5) is 0 Å². The lowest BCUT2D eigenvalue weighted by molar-refractivity contribution is -0.129. The minimum atomic E-state index is -0.967. The van der Waals surface area contributed by atoms with Gasteiger partial charge >= 0.3 is 0 Å². The van der Waals surface area contributed by atoms with Gasteiger partial charge in [0.1, 0.15) is 6.04 Å². The van der Waals surface area contributed by atoms with Crippen LogP contribution in [0.5, 0.6) is 0 Å². The molecule has 3 N–H and O–H groups in total. The highest BCUT2D eigenvalue weighted by Crippen LogP contribution is 2.11. The molecule has 0 fully saturated rings. The lowest BCUT2D eigenvalue weighted by Crippen LogP contribution is -2.52. The Morgan fingerprint density at radius 3 is 1.94 bits per heavy atom.